The Labute approximate surface area is 403 Å². The molecule has 0 aliphatic rings. The Morgan fingerprint density at radius 3 is 1.82 bits per heavy atom. The van der Waals surface area contributed by atoms with Gasteiger partial charge in [0.2, 0.25) is 0 Å². The molecule has 3 N–H and O–H groups in total. The Hall–Kier alpha value is -0.750. The van der Waals surface area contributed by atoms with Crippen LogP contribution in [0.4, 0.5) is 28.4 Å². The van der Waals surface area contributed by atoms with Crippen molar-refractivity contribution in [2.45, 2.75) is 14.7 Å². The molecule has 0 fully saturated rings. The van der Waals surface area contributed by atoms with Crippen molar-refractivity contribution >= 4 is 95.6 Å². The van der Waals surface area contributed by atoms with E-state index in [9.17, 15) is 37.7 Å². The molecule has 0 aliphatic heterocycles. The van der Waals surface area contributed by atoms with Crippen molar-refractivity contribution in [1.29, 1.82) is 0 Å². The van der Waals surface area contributed by atoms with Crippen LogP contribution in [0.25, 0.3) is 10.8 Å². The van der Waals surface area contributed by atoms with Crippen LogP contribution in [-0.4, -0.2) is 53.8 Å². The zero-order chi connectivity index (χ0) is 39.1. The predicted molar refractivity (Wildman–Crippen MR) is 181 cm³/mol. The molecule has 0 heterocycles. The molecular formula is C27H24N5Na3O17S5. The maximum atomic E-state index is 12.9. The third-order valence-corrected chi connectivity index (χ3v) is 11.4. The number of phenols is 1. The molecule has 0 bridgehead atoms. The number of hydrogen-bond acceptors (Lipinski definition) is 25. The summed E-state index contributed by atoms with van der Waals surface area (Å²) in [5.41, 5.74) is 6.26. The van der Waals surface area contributed by atoms with Crippen LogP contribution in [0.1, 0.15) is 0 Å². The van der Waals surface area contributed by atoms with E-state index >= 15 is 0 Å². The Balaban J connectivity index is 0.00000541. The van der Waals surface area contributed by atoms with Crippen molar-refractivity contribution in [1.82, 2.24) is 0 Å². The first-order valence-electron chi connectivity index (χ1n) is 14.2. The topological polar surface area (TPSA) is 316 Å². The van der Waals surface area contributed by atoms with Crippen LogP contribution < -0.4 is 115 Å². The fourth-order valence-corrected chi connectivity index (χ4v) is 7.59. The summed E-state index contributed by atoms with van der Waals surface area (Å²) >= 11 is 0.699. The minimum atomic E-state index is -3.93. The molecule has 0 saturated heterocycles. The number of azo groups is 2. The number of anilines is 1. The number of hydrogen-bond donors (Lipinski definition) is 2. The third-order valence-electron chi connectivity index (χ3n) is 6.69. The van der Waals surface area contributed by atoms with Crippen LogP contribution in [-0.2, 0) is 56.2 Å². The third kappa shape index (κ3) is 15.9. The molecule has 0 aliphatic carbocycles. The summed E-state index contributed by atoms with van der Waals surface area (Å²) in [5.74, 6) is -1.27. The van der Waals surface area contributed by atoms with Crippen LogP contribution >= 0.6 is 36.7 Å². The van der Waals surface area contributed by atoms with Crippen molar-refractivity contribution < 1.29 is 168 Å². The molecule has 4 aromatic carbocycles. The normalized spacial score (nSPS) is 11.7. The average molecular weight is 920 g/mol. The minimum Gasteiger partial charge on any atom is -0.691 e. The summed E-state index contributed by atoms with van der Waals surface area (Å²) in [6.45, 7) is -0.671. The van der Waals surface area contributed by atoms with Crippen LogP contribution in [0, 0.1) is 0 Å². The maximum absolute atomic E-state index is 12.9. The van der Waals surface area contributed by atoms with Gasteiger partial charge < -0.3 is 31.3 Å². The van der Waals surface area contributed by atoms with E-state index in [0.717, 1.165) is 0 Å². The number of nitrogens with two attached hydrogens (primary N) is 1. The fourth-order valence-electron chi connectivity index (χ4n) is 4.27. The largest absolute Gasteiger partial charge is 1.00 e. The van der Waals surface area contributed by atoms with Crippen LogP contribution in [0.15, 0.2) is 95.8 Å². The second-order valence-electron chi connectivity index (χ2n) is 9.81. The van der Waals surface area contributed by atoms with Crippen LogP contribution in [0.3, 0.4) is 0 Å². The number of phenolic OH excluding ortho intramolecular Hbond substituents is 1. The van der Waals surface area contributed by atoms with Gasteiger partial charge in [-0.3, -0.25) is 23.5 Å². The van der Waals surface area contributed by atoms with Gasteiger partial charge in [-0.25, -0.2) is 16.8 Å². The van der Waals surface area contributed by atoms with Crippen molar-refractivity contribution in [2.75, 3.05) is 37.6 Å². The number of methoxy groups -OCH3 is 1. The molecule has 0 radical (unpaired) electrons. The van der Waals surface area contributed by atoms with Crippen molar-refractivity contribution in [3.05, 3.63) is 60.7 Å². The number of nitrogens with zero attached hydrogens (tertiary/aromatic N) is 4. The van der Waals surface area contributed by atoms with Crippen molar-refractivity contribution in [3.8, 4) is 11.5 Å². The monoisotopic (exact) mass is 919 g/mol. The standard InChI is InChI=1S/C27H27N5O17S5.3Na/c1-41-23-9-6-18(54(39,40)13-11-43-52-49-46-36)14-22(23)30-31-25-20-15-24(50-47-44-34)26(27(33)19(20)7-8-21(25)28)32-29-16-2-4-17(5-3-16)53(37,38)12-10-42-51-48-45-35;;;/h2-9,14-15,33-36H,10-13,28H2,1H3;;;/q;3*+1/p-3. The summed E-state index contributed by atoms with van der Waals surface area (Å²) in [4.78, 5) is -0.252. The Kier molecular flexibility index (Phi) is 25.9. The number of rotatable bonds is 22. The number of fused-ring (bicyclic) bond motifs is 1. The van der Waals surface area contributed by atoms with Gasteiger partial charge in [-0.1, -0.05) is 0 Å². The molecule has 22 nitrogen and oxygen atoms in total. The Bertz CT molecular complexity index is 2180. The van der Waals surface area contributed by atoms with Gasteiger partial charge in [0.05, 0.1) is 69.9 Å². The van der Waals surface area contributed by atoms with Gasteiger partial charge >= 0.3 is 88.7 Å². The van der Waals surface area contributed by atoms with E-state index in [4.69, 9.17) is 18.8 Å². The van der Waals surface area contributed by atoms with E-state index in [1.807, 2.05) is 0 Å². The van der Waals surface area contributed by atoms with Crippen molar-refractivity contribution in [2.24, 2.45) is 20.5 Å². The molecule has 292 valence electrons. The van der Waals surface area contributed by atoms with Crippen molar-refractivity contribution in [3.63, 3.8) is 0 Å². The van der Waals surface area contributed by atoms with Crippen LogP contribution in [0.5, 0.6) is 11.5 Å². The first-order valence-corrected chi connectivity index (χ1v) is 19.6. The van der Waals surface area contributed by atoms with E-state index in [2.05, 4.69) is 48.6 Å². The molecular weight excluding hydrogens is 896 g/mol. The zero-order valence-corrected chi connectivity index (χ0v) is 40.1. The molecule has 0 amide bonds. The van der Waals surface area contributed by atoms with E-state index in [1.165, 1.54) is 67.8 Å². The summed E-state index contributed by atoms with van der Waals surface area (Å²) in [6, 6.07) is 13.3. The smallest absolute Gasteiger partial charge is 0.691 e. The van der Waals surface area contributed by atoms with Gasteiger partial charge in [-0.05, 0) is 60.7 Å². The molecule has 0 saturated carbocycles. The van der Waals surface area contributed by atoms with Crippen LogP contribution in [0.2, 0.25) is 0 Å². The minimum absolute atomic E-state index is 0. The maximum Gasteiger partial charge on any atom is 1.00 e. The van der Waals surface area contributed by atoms with E-state index in [0.29, 0.717) is 12.0 Å². The molecule has 0 spiro atoms. The summed E-state index contributed by atoms with van der Waals surface area (Å²) in [6.07, 6.45) is 0. The van der Waals surface area contributed by atoms with E-state index in [1.54, 1.807) is 0 Å². The van der Waals surface area contributed by atoms with Gasteiger partial charge in [0.15, 0.2) is 50.1 Å². The summed E-state index contributed by atoms with van der Waals surface area (Å²) < 4.78 is 78.0. The molecule has 4 rings (SSSR count). The molecule has 57 heavy (non-hydrogen) atoms. The Morgan fingerprint density at radius 1 is 0.684 bits per heavy atom. The second kappa shape index (κ2) is 27.2. The number of ether oxygens (including phenoxy) is 1. The summed E-state index contributed by atoms with van der Waals surface area (Å²) in [7, 11) is -6.41. The number of nitrogen functional groups attached to an aromatic ring is 1. The molecule has 0 aromatic heterocycles. The Morgan fingerprint density at radius 2 is 1.25 bits per heavy atom. The predicted octanol–water partition coefficient (Wildman–Crippen LogP) is -5.64. The molecule has 30 heteroatoms. The first kappa shape index (κ1) is 54.3. The molecule has 4 aromatic rings. The van der Waals surface area contributed by atoms with Gasteiger partial charge in [0.1, 0.15) is 22.8 Å². The number of benzene rings is 4. The number of sulfone groups is 2. The molecule has 0 atom stereocenters. The number of aromatic hydroxyl groups is 1. The zero-order valence-electron chi connectivity index (χ0n) is 30.0. The van der Waals surface area contributed by atoms with Gasteiger partial charge in [-0.2, -0.15) is 9.45 Å². The quantitative estimate of drug-likeness (QED) is 0.0141. The fraction of sp³-hybridized carbons (Fsp3) is 0.185. The molecule has 0 unspecified atom stereocenters. The summed E-state index contributed by atoms with van der Waals surface area (Å²) in [5, 5.41) is 68.2. The van der Waals surface area contributed by atoms with Gasteiger partial charge in [0.25, 0.3) is 0 Å². The first-order chi connectivity index (χ1) is 25.9. The van der Waals surface area contributed by atoms with Gasteiger partial charge in [0, 0.05) is 10.8 Å². The van der Waals surface area contributed by atoms with Gasteiger partial charge in [-0.15, -0.1) is 24.0 Å². The average Bonchev–Trinajstić information content (AvgIpc) is 3.16. The van der Waals surface area contributed by atoms with E-state index < -0.39 is 36.9 Å². The van der Waals surface area contributed by atoms with E-state index in [-0.39, 0.29) is 186 Å². The SMILES string of the molecule is COc1ccc(S(=O)(=O)CCOSOO[O-])cc1N=Nc1c(N)ccc2c(O)c(N=Nc3ccc(S(=O)(=O)CCOSOO[O-])cc3)c(SOO[O-])cc12.[Na+].[Na+].[Na+]. The second-order valence-corrected chi connectivity index (χ2v) is 15.8.